The third-order valence-electron chi connectivity index (χ3n) is 3.16. The molecule has 1 aliphatic heterocycles. The molecular formula is C12H11BrN2O3. The number of rotatable bonds is 1. The highest BCUT2D eigenvalue weighted by molar-refractivity contribution is 9.10. The quantitative estimate of drug-likeness (QED) is 0.866. The topological polar surface area (TPSA) is 64.1 Å². The summed E-state index contributed by atoms with van der Waals surface area (Å²) in [5, 5.41) is 0.518. The zero-order chi connectivity index (χ0) is 12.7. The van der Waals surface area contributed by atoms with E-state index in [4.69, 9.17) is 4.74 Å². The summed E-state index contributed by atoms with van der Waals surface area (Å²) in [6.45, 7) is 1.01. The van der Waals surface area contributed by atoms with Crippen LogP contribution in [0.4, 0.5) is 0 Å². The number of aromatic nitrogens is 2. The number of nitrogens with one attached hydrogen (secondary N) is 1. The van der Waals surface area contributed by atoms with Crippen molar-refractivity contribution in [2.24, 2.45) is 0 Å². The minimum absolute atomic E-state index is 0.158. The lowest BCUT2D eigenvalue weighted by Crippen LogP contribution is -2.38. The molecule has 2 aromatic rings. The normalized spacial score (nSPS) is 19.5. The van der Waals surface area contributed by atoms with Crippen LogP contribution in [0.1, 0.15) is 12.5 Å². The van der Waals surface area contributed by atoms with Crippen LogP contribution < -0.4 is 11.2 Å². The van der Waals surface area contributed by atoms with E-state index in [2.05, 4.69) is 20.9 Å². The van der Waals surface area contributed by atoms with Crippen LogP contribution in [0.15, 0.2) is 32.3 Å². The average Bonchev–Trinajstić information content (AvgIpc) is 2.82. The Kier molecular flexibility index (Phi) is 2.83. The zero-order valence-electron chi connectivity index (χ0n) is 9.48. The minimum atomic E-state index is -0.374. The predicted octanol–water partition coefficient (Wildman–Crippen LogP) is 1.41. The number of ether oxygens (including phenoxy) is 1. The molecule has 18 heavy (non-hydrogen) atoms. The predicted molar refractivity (Wildman–Crippen MR) is 71.0 cm³/mol. The number of fused-ring (bicyclic) bond motifs is 1. The molecule has 0 saturated carbocycles. The summed E-state index contributed by atoms with van der Waals surface area (Å²) >= 11 is 3.32. The van der Waals surface area contributed by atoms with Crippen LogP contribution in [0.5, 0.6) is 0 Å². The lowest BCUT2D eigenvalue weighted by Gasteiger charge is -2.11. The van der Waals surface area contributed by atoms with Gasteiger partial charge in [0.2, 0.25) is 0 Å². The van der Waals surface area contributed by atoms with Gasteiger partial charge in [-0.05, 0) is 24.6 Å². The van der Waals surface area contributed by atoms with Crippen LogP contribution in [0.2, 0.25) is 0 Å². The van der Waals surface area contributed by atoms with E-state index in [1.165, 1.54) is 4.57 Å². The van der Waals surface area contributed by atoms with Crippen molar-refractivity contribution in [1.29, 1.82) is 0 Å². The molecule has 1 aromatic carbocycles. The third-order valence-corrected chi connectivity index (χ3v) is 3.66. The molecule has 0 aliphatic carbocycles. The first kappa shape index (κ1) is 11.7. The largest absolute Gasteiger partial charge is 0.379 e. The van der Waals surface area contributed by atoms with Crippen molar-refractivity contribution in [3.8, 4) is 0 Å². The van der Waals surface area contributed by atoms with Gasteiger partial charge in [-0.1, -0.05) is 15.9 Å². The van der Waals surface area contributed by atoms with Crippen LogP contribution >= 0.6 is 15.9 Å². The molecule has 6 heteroatoms. The Labute approximate surface area is 111 Å². The number of halogens is 1. The molecule has 2 heterocycles. The van der Waals surface area contributed by atoms with Gasteiger partial charge in [0.15, 0.2) is 0 Å². The summed E-state index contributed by atoms with van der Waals surface area (Å²) in [6.07, 6.45) is 0.699. The smallest absolute Gasteiger partial charge is 0.329 e. The number of H-pyrrole nitrogens is 1. The molecule has 0 radical (unpaired) electrons. The van der Waals surface area contributed by atoms with Gasteiger partial charge >= 0.3 is 5.69 Å². The van der Waals surface area contributed by atoms with Crippen LogP contribution in [-0.2, 0) is 4.74 Å². The van der Waals surface area contributed by atoms with Gasteiger partial charge in [-0.15, -0.1) is 0 Å². The van der Waals surface area contributed by atoms with Crippen LogP contribution in [0.25, 0.3) is 10.9 Å². The van der Waals surface area contributed by atoms with Gasteiger partial charge in [0.1, 0.15) is 0 Å². The number of hydrogen-bond donors (Lipinski definition) is 1. The number of aromatic amines is 1. The fourth-order valence-electron chi connectivity index (χ4n) is 2.26. The highest BCUT2D eigenvalue weighted by Gasteiger charge is 2.21. The number of nitrogens with zero attached hydrogens (tertiary/aromatic N) is 1. The Hall–Kier alpha value is -1.40. The van der Waals surface area contributed by atoms with Crippen molar-refractivity contribution in [2.45, 2.75) is 12.5 Å². The molecule has 1 fully saturated rings. The maximum absolute atomic E-state index is 12.3. The zero-order valence-corrected chi connectivity index (χ0v) is 11.1. The highest BCUT2D eigenvalue weighted by Crippen LogP contribution is 2.17. The van der Waals surface area contributed by atoms with Gasteiger partial charge in [-0.25, -0.2) is 4.79 Å². The third kappa shape index (κ3) is 1.81. The van der Waals surface area contributed by atoms with Crippen molar-refractivity contribution in [1.82, 2.24) is 9.55 Å². The Morgan fingerprint density at radius 3 is 2.94 bits per heavy atom. The second-order valence-electron chi connectivity index (χ2n) is 4.31. The molecule has 1 aliphatic rings. The van der Waals surface area contributed by atoms with Crippen LogP contribution in [0, 0.1) is 0 Å². The molecule has 94 valence electrons. The first-order valence-corrected chi connectivity index (χ1v) is 6.48. The molecule has 0 spiro atoms. The Morgan fingerprint density at radius 1 is 1.39 bits per heavy atom. The van der Waals surface area contributed by atoms with Crippen molar-refractivity contribution in [3.05, 3.63) is 43.5 Å². The van der Waals surface area contributed by atoms with E-state index in [1.807, 2.05) is 0 Å². The average molecular weight is 311 g/mol. The maximum atomic E-state index is 12.3. The molecule has 0 bridgehead atoms. The van der Waals surface area contributed by atoms with Crippen molar-refractivity contribution < 1.29 is 4.74 Å². The first-order chi connectivity index (χ1) is 8.66. The second-order valence-corrected chi connectivity index (χ2v) is 5.23. The summed E-state index contributed by atoms with van der Waals surface area (Å²) in [5.41, 5.74) is -0.0765. The van der Waals surface area contributed by atoms with Crippen LogP contribution in [-0.4, -0.2) is 22.8 Å². The molecular weight excluding hydrogens is 300 g/mol. The summed E-state index contributed by atoms with van der Waals surface area (Å²) in [6, 6.07) is 5.07. The number of benzene rings is 1. The van der Waals surface area contributed by atoms with Gasteiger partial charge in [0, 0.05) is 11.1 Å². The monoisotopic (exact) mass is 310 g/mol. The van der Waals surface area contributed by atoms with E-state index < -0.39 is 0 Å². The minimum Gasteiger partial charge on any atom is -0.379 e. The first-order valence-electron chi connectivity index (χ1n) is 5.68. The summed E-state index contributed by atoms with van der Waals surface area (Å²) in [5.74, 6) is 0. The maximum Gasteiger partial charge on any atom is 0.329 e. The van der Waals surface area contributed by atoms with Crippen molar-refractivity contribution in [2.75, 3.05) is 13.2 Å². The molecule has 5 nitrogen and oxygen atoms in total. The highest BCUT2D eigenvalue weighted by atomic mass is 79.9. The van der Waals surface area contributed by atoms with Gasteiger partial charge in [0.05, 0.1) is 23.6 Å². The summed E-state index contributed by atoms with van der Waals surface area (Å²) < 4.78 is 7.33. The van der Waals surface area contributed by atoms with Gasteiger partial charge in [-0.2, -0.15) is 0 Å². The van der Waals surface area contributed by atoms with E-state index in [0.717, 1.165) is 4.47 Å². The van der Waals surface area contributed by atoms with E-state index >= 15 is 0 Å². The Balaban J connectivity index is 2.30. The molecule has 1 unspecified atom stereocenters. The Bertz CT molecular complexity index is 713. The molecule has 1 aromatic heterocycles. The lowest BCUT2D eigenvalue weighted by atomic mass is 10.2. The van der Waals surface area contributed by atoms with Crippen molar-refractivity contribution >= 4 is 26.8 Å². The van der Waals surface area contributed by atoms with Crippen LogP contribution in [0.3, 0.4) is 0 Å². The van der Waals surface area contributed by atoms with E-state index in [1.54, 1.807) is 18.2 Å². The summed E-state index contributed by atoms with van der Waals surface area (Å²) in [7, 11) is 0. The molecule has 1 N–H and O–H groups in total. The Morgan fingerprint density at radius 2 is 2.22 bits per heavy atom. The van der Waals surface area contributed by atoms with E-state index in [0.29, 0.717) is 30.5 Å². The van der Waals surface area contributed by atoms with Gasteiger partial charge in [0.25, 0.3) is 5.56 Å². The SMILES string of the molecule is O=c1[nH]c2cc(Br)ccc2c(=O)n1C1CCOC1. The van der Waals surface area contributed by atoms with Crippen molar-refractivity contribution in [3.63, 3.8) is 0 Å². The standard InChI is InChI=1S/C12H11BrN2O3/c13-7-1-2-9-10(5-7)14-12(17)15(11(9)16)8-3-4-18-6-8/h1-2,5,8H,3-4,6H2,(H,14,17). The molecule has 0 amide bonds. The van der Waals surface area contributed by atoms with Gasteiger partial charge < -0.3 is 9.72 Å². The molecule has 1 atom stereocenters. The summed E-state index contributed by atoms with van der Waals surface area (Å²) in [4.78, 5) is 27.0. The van der Waals surface area contributed by atoms with Gasteiger partial charge in [-0.3, -0.25) is 9.36 Å². The molecule has 1 saturated heterocycles. The second kappa shape index (κ2) is 4.37. The number of hydrogen-bond acceptors (Lipinski definition) is 3. The lowest BCUT2D eigenvalue weighted by molar-refractivity contribution is 0.185. The van der Waals surface area contributed by atoms with E-state index in [9.17, 15) is 9.59 Å². The fraction of sp³-hybridized carbons (Fsp3) is 0.333. The van der Waals surface area contributed by atoms with E-state index in [-0.39, 0.29) is 17.3 Å². The fourth-order valence-corrected chi connectivity index (χ4v) is 2.62. The molecule has 3 rings (SSSR count).